The number of halogens is 1. The molecule has 2 aromatic rings. The molecule has 0 spiro atoms. The second-order valence-electron chi connectivity index (χ2n) is 5.59. The summed E-state index contributed by atoms with van der Waals surface area (Å²) in [6, 6.07) is 6.70. The van der Waals surface area contributed by atoms with E-state index in [0.29, 0.717) is 25.0 Å². The fraction of sp³-hybridized carbons (Fsp3) is 0.429. The molecule has 2 rings (SSSR count). The summed E-state index contributed by atoms with van der Waals surface area (Å²) in [5.41, 5.74) is 0.807. The van der Waals surface area contributed by atoms with Gasteiger partial charge in [0.2, 0.25) is 5.89 Å². The predicted octanol–water partition coefficient (Wildman–Crippen LogP) is 2.71. The molecule has 1 aromatic carbocycles. The van der Waals surface area contributed by atoms with Gasteiger partial charge >= 0.3 is 6.01 Å². The van der Waals surface area contributed by atoms with E-state index in [0.717, 1.165) is 5.56 Å². The van der Waals surface area contributed by atoms with E-state index >= 15 is 0 Å². The van der Waals surface area contributed by atoms with Crippen molar-refractivity contribution in [1.29, 1.82) is 0 Å². The van der Waals surface area contributed by atoms with E-state index in [-0.39, 0.29) is 11.4 Å². The third-order valence-electron chi connectivity index (χ3n) is 2.57. The molecular weight excluding hydrogens is 259 g/mol. The number of hydrogen-bond acceptors (Lipinski definition) is 5. The Morgan fingerprint density at radius 2 is 2.00 bits per heavy atom. The summed E-state index contributed by atoms with van der Waals surface area (Å²) in [5, 5.41) is 14.1. The molecule has 1 aromatic heterocycles. The fourth-order valence-electron chi connectivity index (χ4n) is 1.56. The molecule has 0 bridgehead atoms. The zero-order valence-corrected chi connectivity index (χ0v) is 11.9. The molecule has 0 aliphatic carbocycles. The molecule has 0 atom stereocenters. The van der Waals surface area contributed by atoms with Crippen molar-refractivity contribution in [2.75, 3.05) is 5.32 Å². The van der Waals surface area contributed by atoms with Crippen molar-refractivity contribution >= 4 is 6.01 Å². The highest BCUT2D eigenvalue weighted by Crippen LogP contribution is 2.10. The molecule has 0 unspecified atom stereocenters. The Kier molecular flexibility index (Phi) is 4.34. The zero-order chi connectivity index (χ0) is 14.6. The first-order valence-electron chi connectivity index (χ1n) is 6.48. The van der Waals surface area contributed by atoms with E-state index in [9.17, 15) is 4.39 Å². The van der Waals surface area contributed by atoms with E-state index in [1.165, 1.54) is 12.1 Å². The largest absolute Gasteiger partial charge is 0.407 e. The van der Waals surface area contributed by atoms with Crippen LogP contribution in [0.4, 0.5) is 10.4 Å². The van der Waals surface area contributed by atoms with Crippen molar-refractivity contribution < 1.29 is 8.81 Å². The van der Waals surface area contributed by atoms with Crippen LogP contribution in [0.2, 0.25) is 0 Å². The van der Waals surface area contributed by atoms with Gasteiger partial charge in [0.15, 0.2) is 0 Å². The van der Waals surface area contributed by atoms with Crippen LogP contribution in [0.15, 0.2) is 28.7 Å². The molecule has 6 heteroatoms. The van der Waals surface area contributed by atoms with Crippen LogP contribution in [-0.2, 0) is 13.1 Å². The average Bonchev–Trinajstić information content (AvgIpc) is 2.81. The zero-order valence-electron chi connectivity index (χ0n) is 11.9. The summed E-state index contributed by atoms with van der Waals surface area (Å²) in [5.74, 6) is 0.256. The number of benzene rings is 1. The van der Waals surface area contributed by atoms with Gasteiger partial charge in [-0.05, 0) is 38.5 Å². The highest BCUT2D eigenvalue weighted by Gasteiger charge is 2.12. The van der Waals surface area contributed by atoms with Gasteiger partial charge in [-0.25, -0.2) is 4.39 Å². The van der Waals surface area contributed by atoms with Crippen LogP contribution in [0.5, 0.6) is 0 Å². The number of nitrogens with zero attached hydrogens (tertiary/aromatic N) is 2. The van der Waals surface area contributed by atoms with Crippen LogP contribution in [0.1, 0.15) is 32.2 Å². The van der Waals surface area contributed by atoms with Gasteiger partial charge in [-0.3, -0.25) is 0 Å². The maximum absolute atomic E-state index is 13.0. The van der Waals surface area contributed by atoms with Crippen LogP contribution < -0.4 is 10.6 Å². The van der Waals surface area contributed by atoms with Gasteiger partial charge in [0, 0.05) is 12.1 Å². The molecule has 5 nitrogen and oxygen atoms in total. The third-order valence-corrected chi connectivity index (χ3v) is 2.57. The van der Waals surface area contributed by atoms with Crippen molar-refractivity contribution in [1.82, 2.24) is 15.5 Å². The lowest BCUT2D eigenvalue weighted by Crippen LogP contribution is -2.35. The SMILES string of the molecule is CC(C)(C)NCc1nnc(NCc2cccc(F)c2)o1. The van der Waals surface area contributed by atoms with E-state index in [2.05, 4.69) is 41.6 Å². The summed E-state index contributed by atoms with van der Waals surface area (Å²) >= 11 is 0. The summed E-state index contributed by atoms with van der Waals surface area (Å²) < 4.78 is 18.5. The lowest BCUT2D eigenvalue weighted by Gasteiger charge is -2.18. The average molecular weight is 278 g/mol. The molecule has 0 amide bonds. The molecule has 0 radical (unpaired) electrons. The Bertz CT molecular complexity index is 562. The number of aromatic nitrogens is 2. The number of rotatable bonds is 5. The lowest BCUT2D eigenvalue weighted by atomic mass is 10.1. The quantitative estimate of drug-likeness (QED) is 0.880. The maximum atomic E-state index is 13.0. The summed E-state index contributed by atoms with van der Waals surface area (Å²) in [6.07, 6.45) is 0. The van der Waals surface area contributed by atoms with Crippen molar-refractivity contribution in [2.24, 2.45) is 0 Å². The second-order valence-corrected chi connectivity index (χ2v) is 5.59. The minimum Gasteiger partial charge on any atom is -0.407 e. The Morgan fingerprint density at radius 1 is 1.20 bits per heavy atom. The minimum absolute atomic E-state index is 0.0103. The smallest absolute Gasteiger partial charge is 0.315 e. The monoisotopic (exact) mass is 278 g/mol. The topological polar surface area (TPSA) is 63.0 Å². The van der Waals surface area contributed by atoms with E-state index in [1.54, 1.807) is 6.07 Å². The van der Waals surface area contributed by atoms with Crippen molar-refractivity contribution in [3.05, 3.63) is 41.5 Å². The highest BCUT2D eigenvalue weighted by molar-refractivity contribution is 5.24. The molecule has 2 N–H and O–H groups in total. The Labute approximate surface area is 117 Å². The molecule has 20 heavy (non-hydrogen) atoms. The van der Waals surface area contributed by atoms with Gasteiger partial charge in [-0.2, -0.15) is 0 Å². The first-order chi connectivity index (χ1) is 9.42. The van der Waals surface area contributed by atoms with Gasteiger partial charge in [0.05, 0.1) is 6.54 Å². The predicted molar refractivity (Wildman–Crippen MR) is 74.6 cm³/mol. The normalized spacial score (nSPS) is 11.6. The van der Waals surface area contributed by atoms with Crippen LogP contribution in [0, 0.1) is 5.82 Å². The van der Waals surface area contributed by atoms with Crippen molar-refractivity contribution in [3.8, 4) is 0 Å². The first kappa shape index (κ1) is 14.5. The molecule has 108 valence electrons. The highest BCUT2D eigenvalue weighted by atomic mass is 19.1. The molecule has 0 saturated carbocycles. The van der Waals surface area contributed by atoms with Gasteiger partial charge < -0.3 is 15.1 Å². The molecule has 0 saturated heterocycles. The Balaban J connectivity index is 1.87. The number of nitrogens with one attached hydrogen (secondary N) is 2. The molecule has 1 heterocycles. The Morgan fingerprint density at radius 3 is 2.70 bits per heavy atom. The van der Waals surface area contributed by atoms with Crippen LogP contribution in [0.3, 0.4) is 0 Å². The van der Waals surface area contributed by atoms with E-state index < -0.39 is 0 Å². The molecule has 0 aliphatic heterocycles. The van der Waals surface area contributed by atoms with Crippen LogP contribution in [0.25, 0.3) is 0 Å². The van der Waals surface area contributed by atoms with E-state index in [1.807, 2.05) is 6.07 Å². The van der Waals surface area contributed by atoms with Crippen LogP contribution >= 0.6 is 0 Å². The minimum atomic E-state index is -0.259. The van der Waals surface area contributed by atoms with Gasteiger partial charge in [-0.1, -0.05) is 17.2 Å². The second kappa shape index (κ2) is 6.00. The van der Waals surface area contributed by atoms with E-state index in [4.69, 9.17) is 4.42 Å². The molecular formula is C14H19FN4O. The Hall–Kier alpha value is -1.95. The lowest BCUT2D eigenvalue weighted by molar-refractivity contribution is 0.383. The van der Waals surface area contributed by atoms with Crippen LogP contribution in [-0.4, -0.2) is 15.7 Å². The summed E-state index contributed by atoms with van der Waals surface area (Å²) in [4.78, 5) is 0. The van der Waals surface area contributed by atoms with Gasteiger partial charge in [0.25, 0.3) is 0 Å². The van der Waals surface area contributed by atoms with Gasteiger partial charge in [-0.15, -0.1) is 5.10 Å². The number of hydrogen-bond donors (Lipinski definition) is 2. The first-order valence-corrected chi connectivity index (χ1v) is 6.48. The summed E-state index contributed by atoms with van der Waals surface area (Å²) in [6.45, 7) is 7.13. The number of anilines is 1. The molecule has 0 fully saturated rings. The third kappa shape index (κ3) is 4.62. The van der Waals surface area contributed by atoms with Crippen molar-refractivity contribution in [3.63, 3.8) is 0 Å². The standard InChI is InChI=1S/C14H19FN4O/c1-14(2,3)17-9-12-18-19-13(20-12)16-8-10-5-4-6-11(15)7-10/h4-7,17H,8-9H2,1-3H3,(H,16,19). The summed E-state index contributed by atoms with van der Waals surface area (Å²) in [7, 11) is 0. The van der Waals surface area contributed by atoms with Gasteiger partial charge in [0.1, 0.15) is 5.82 Å². The molecule has 0 aliphatic rings. The van der Waals surface area contributed by atoms with Crippen molar-refractivity contribution in [2.45, 2.75) is 39.4 Å². The fourth-order valence-corrected chi connectivity index (χ4v) is 1.56. The maximum Gasteiger partial charge on any atom is 0.315 e.